The van der Waals surface area contributed by atoms with E-state index in [9.17, 15) is 0 Å². The SMILES string of the molecule is C1CC1.CO[Si](OC)(OC)C1CC1C. The Balaban J connectivity index is 0.000000276. The van der Waals surface area contributed by atoms with Gasteiger partial charge < -0.3 is 13.3 Å². The van der Waals surface area contributed by atoms with Crippen LogP contribution in [0.1, 0.15) is 32.6 Å². The Morgan fingerprint density at radius 2 is 1.29 bits per heavy atom. The minimum Gasteiger partial charge on any atom is -0.377 e. The van der Waals surface area contributed by atoms with Crippen molar-refractivity contribution in [2.45, 2.75) is 38.1 Å². The van der Waals surface area contributed by atoms with Gasteiger partial charge in [0.05, 0.1) is 0 Å². The van der Waals surface area contributed by atoms with Gasteiger partial charge in [0.2, 0.25) is 0 Å². The summed E-state index contributed by atoms with van der Waals surface area (Å²) in [6.07, 6.45) is 5.68. The minimum absolute atomic E-state index is 0.530. The van der Waals surface area contributed by atoms with Crippen LogP contribution in [0.2, 0.25) is 5.54 Å². The van der Waals surface area contributed by atoms with E-state index in [1.54, 1.807) is 21.3 Å². The molecule has 2 atom stereocenters. The van der Waals surface area contributed by atoms with Crippen LogP contribution in [0.15, 0.2) is 0 Å². The first-order valence-corrected chi connectivity index (χ1v) is 7.16. The van der Waals surface area contributed by atoms with Crippen LogP contribution in [-0.4, -0.2) is 30.1 Å². The van der Waals surface area contributed by atoms with E-state index in [1.807, 2.05) is 0 Å². The van der Waals surface area contributed by atoms with E-state index in [2.05, 4.69) is 6.92 Å². The summed E-state index contributed by atoms with van der Waals surface area (Å²) >= 11 is 0. The lowest BCUT2D eigenvalue weighted by molar-refractivity contribution is 0.120. The summed E-state index contributed by atoms with van der Waals surface area (Å²) in [6.45, 7) is 2.20. The van der Waals surface area contributed by atoms with Gasteiger partial charge in [0.25, 0.3) is 0 Å². The molecule has 4 heteroatoms. The fourth-order valence-corrected chi connectivity index (χ4v) is 4.28. The lowest BCUT2D eigenvalue weighted by Crippen LogP contribution is -2.43. The molecule has 84 valence electrons. The molecule has 2 saturated carbocycles. The first-order valence-electron chi connectivity index (χ1n) is 5.35. The lowest BCUT2D eigenvalue weighted by atomic mass is 10.5. The summed E-state index contributed by atoms with van der Waals surface area (Å²) < 4.78 is 16.0. The highest BCUT2D eigenvalue weighted by Gasteiger charge is 2.58. The summed E-state index contributed by atoms with van der Waals surface area (Å²) in [5, 5.41) is 0. The summed E-state index contributed by atoms with van der Waals surface area (Å²) in [4.78, 5) is 0. The number of rotatable bonds is 4. The second-order valence-corrected chi connectivity index (χ2v) is 7.27. The van der Waals surface area contributed by atoms with Crippen LogP contribution < -0.4 is 0 Å². The molecule has 2 rings (SSSR count). The van der Waals surface area contributed by atoms with E-state index in [1.165, 1.54) is 25.7 Å². The number of hydrogen-bond acceptors (Lipinski definition) is 3. The van der Waals surface area contributed by atoms with Crippen LogP contribution in [0, 0.1) is 5.92 Å². The van der Waals surface area contributed by atoms with Crippen LogP contribution in [0.4, 0.5) is 0 Å². The topological polar surface area (TPSA) is 27.7 Å². The molecule has 0 radical (unpaired) electrons. The Bertz CT molecular complexity index is 158. The second-order valence-electron chi connectivity index (χ2n) is 4.10. The van der Waals surface area contributed by atoms with Crippen molar-refractivity contribution in [1.29, 1.82) is 0 Å². The van der Waals surface area contributed by atoms with Crippen LogP contribution >= 0.6 is 0 Å². The normalized spacial score (nSPS) is 29.1. The van der Waals surface area contributed by atoms with Crippen LogP contribution in [0.3, 0.4) is 0 Å². The Kier molecular flexibility index (Phi) is 4.57. The molecule has 14 heavy (non-hydrogen) atoms. The fourth-order valence-electron chi connectivity index (χ4n) is 1.52. The zero-order valence-electron chi connectivity index (χ0n) is 9.71. The Hall–Kier alpha value is 0.0969. The van der Waals surface area contributed by atoms with Crippen molar-refractivity contribution < 1.29 is 13.3 Å². The smallest absolute Gasteiger partial charge is 0.377 e. The molecule has 0 spiro atoms. The van der Waals surface area contributed by atoms with Gasteiger partial charge in [0, 0.05) is 26.9 Å². The van der Waals surface area contributed by atoms with Crippen LogP contribution in [0.5, 0.6) is 0 Å². The van der Waals surface area contributed by atoms with Gasteiger partial charge in [-0.25, -0.2) is 0 Å². The quantitative estimate of drug-likeness (QED) is 0.678. The van der Waals surface area contributed by atoms with E-state index in [0.29, 0.717) is 11.5 Å². The van der Waals surface area contributed by atoms with Gasteiger partial charge in [-0.05, 0) is 12.3 Å². The van der Waals surface area contributed by atoms with E-state index < -0.39 is 8.80 Å². The third-order valence-electron chi connectivity index (χ3n) is 2.77. The summed E-state index contributed by atoms with van der Waals surface area (Å²) in [5.41, 5.74) is 0.530. The average Bonchev–Trinajstić information content (AvgIpc) is 3.03. The molecule has 0 saturated heterocycles. The van der Waals surface area contributed by atoms with Gasteiger partial charge in [-0.3, -0.25) is 0 Å². The monoisotopic (exact) mass is 218 g/mol. The predicted octanol–water partition coefficient (Wildman–Crippen LogP) is 2.44. The Morgan fingerprint density at radius 3 is 1.36 bits per heavy atom. The van der Waals surface area contributed by atoms with Gasteiger partial charge in [-0.15, -0.1) is 0 Å². The van der Waals surface area contributed by atoms with Crippen molar-refractivity contribution in [3.05, 3.63) is 0 Å². The maximum Gasteiger partial charge on any atom is 0.503 e. The van der Waals surface area contributed by atoms with E-state index >= 15 is 0 Å². The van der Waals surface area contributed by atoms with E-state index in [0.717, 1.165) is 0 Å². The molecular formula is C10H22O3Si. The zero-order chi connectivity index (χ0) is 10.6. The third-order valence-corrected chi connectivity index (χ3v) is 6.19. The molecule has 0 aromatic carbocycles. The maximum atomic E-state index is 5.33. The highest BCUT2D eigenvalue weighted by atomic mass is 28.4. The van der Waals surface area contributed by atoms with Gasteiger partial charge >= 0.3 is 8.80 Å². The molecule has 0 bridgehead atoms. The van der Waals surface area contributed by atoms with Gasteiger partial charge in [-0.1, -0.05) is 26.2 Å². The molecule has 2 aliphatic carbocycles. The molecule has 0 aromatic rings. The van der Waals surface area contributed by atoms with Crippen molar-refractivity contribution in [2.75, 3.05) is 21.3 Å². The van der Waals surface area contributed by atoms with E-state index in [-0.39, 0.29) is 0 Å². The average molecular weight is 218 g/mol. The Morgan fingerprint density at radius 1 is 0.929 bits per heavy atom. The molecule has 0 aliphatic heterocycles. The first-order chi connectivity index (χ1) is 6.70. The molecule has 3 nitrogen and oxygen atoms in total. The predicted molar refractivity (Wildman–Crippen MR) is 58.2 cm³/mol. The molecule has 2 aliphatic rings. The molecule has 0 amide bonds. The van der Waals surface area contributed by atoms with Crippen molar-refractivity contribution in [1.82, 2.24) is 0 Å². The van der Waals surface area contributed by atoms with Crippen LogP contribution in [-0.2, 0) is 13.3 Å². The fraction of sp³-hybridized carbons (Fsp3) is 1.00. The van der Waals surface area contributed by atoms with Gasteiger partial charge in [0.15, 0.2) is 0 Å². The zero-order valence-corrected chi connectivity index (χ0v) is 10.7. The van der Waals surface area contributed by atoms with Gasteiger partial charge in [-0.2, -0.15) is 0 Å². The highest BCUT2D eigenvalue weighted by Crippen LogP contribution is 2.51. The minimum atomic E-state index is -2.25. The molecule has 0 aromatic heterocycles. The summed E-state index contributed by atoms with van der Waals surface area (Å²) in [6, 6.07) is 0. The number of hydrogen-bond donors (Lipinski definition) is 0. The Labute approximate surface area is 88.1 Å². The van der Waals surface area contributed by atoms with Crippen molar-refractivity contribution in [2.24, 2.45) is 5.92 Å². The standard InChI is InChI=1S/C7H16O3Si.C3H6/c1-6-5-7(6)11(8-2,9-3)10-4;1-2-3-1/h6-7H,5H2,1-4H3;1-3H2. The molecule has 0 heterocycles. The molecule has 2 unspecified atom stereocenters. The second kappa shape index (κ2) is 5.26. The lowest BCUT2D eigenvalue weighted by Gasteiger charge is -2.24. The largest absolute Gasteiger partial charge is 0.503 e. The van der Waals surface area contributed by atoms with Crippen molar-refractivity contribution in [3.8, 4) is 0 Å². The first kappa shape index (κ1) is 12.2. The molecular weight excluding hydrogens is 196 g/mol. The van der Waals surface area contributed by atoms with Crippen molar-refractivity contribution in [3.63, 3.8) is 0 Å². The maximum absolute atomic E-state index is 5.33. The third kappa shape index (κ3) is 3.05. The van der Waals surface area contributed by atoms with E-state index in [4.69, 9.17) is 13.3 Å². The molecule has 0 N–H and O–H groups in total. The highest BCUT2D eigenvalue weighted by molar-refractivity contribution is 6.63. The van der Waals surface area contributed by atoms with Gasteiger partial charge in [0.1, 0.15) is 0 Å². The van der Waals surface area contributed by atoms with Crippen LogP contribution in [0.25, 0.3) is 0 Å². The van der Waals surface area contributed by atoms with Crippen molar-refractivity contribution >= 4 is 8.80 Å². The summed E-state index contributed by atoms with van der Waals surface area (Å²) in [5.74, 6) is 0.710. The summed E-state index contributed by atoms with van der Waals surface area (Å²) in [7, 11) is 2.77. The molecule has 2 fully saturated rings.